The number of fused-ring (bicyclic) bond motifs is 4. The van der Waals surface area contributed by atoms with E-state index in [1.54, 1.807) is 0 Å². The van der Waals surface area contributed by atoms with E-state index in [4.69, 9.17) is 31.8 Å². The molecule has 200 valence electrons. The van der Waals surface area contributed by atoms with Crippen LogP contribution in [0.1, 0.15) is 40.3 Å². The minimum atomic E-state index is 0.236. The van der Waals surface area contributed by atoms with Crippen LogP contribution in [0.3, 0.4) is 0 Å². The number of rotatable bonds is 10. The lowest BCUT2D eigenvalue weighted by molar-refractivity contribution is 0.112. The van der Waals surface area contributed by atoms with E-state index in [-0.39, 0.29) is 19.1 Å². The first-order valence-corrected chi connectivity index (χ1v) is 13.4. The Bertz CT molecular complexity index is 1600. The quantitative estimate of drug-likeness (QED) is 0.185. The first kappa shape index (κ1) is 27.1. The third-order valence-corrected chi connectivity index (χ3v) is 7.36. The Balaban J connectivity index is 1.62. The summed E-state index contributed by atoms with van der Waals surface area (Å²) < 4.78 is 23.3. The zero-order chi connectivity index (χ0) is 28.1. The molecular weight excluding hydrogens is 498 g/mol. The highest BCUT2D eigenvalue weighted by molar-refractivity contribution is 6.12. The molecule has 5 nitrogen and oxygen atoms in total. The average Bonchev–Trinajstić information content (AvgIpc) is 3.46. The molecule has 5 heteroatoms. The lowest BCUT2D eigenvalue weighted by Gasteiger charge is -2.20. The summed E-state index contributed by atoms with van der Waals surface area (Å²) in [7, 11) is 0. The Kier molecular flexibility index (Phi) is 8.23. The van der Waals surface area contributed by atoms with Crippen molar-refractivity contribution in [2.45, 2.75) is 20.3 Å². The van der Waals surface area contributed by atoms with Crippen molar-refractivity contribution in [1.29, 1.82) is 5.26 Å². The Labute approximate surface area is 236 Å². The van der Waals surface area contributed by atoms with Gasteiger partial charge in [-0.05, 0) is 82.0 Å². The van der Waals surface area contributed by atoms with E-state index in [0.29, 0.717) is 43.5 Å². The molecule has 2 aliphatic rings. The molecule has 3 aromatic rings. The molecule has 5 rings (SSSR count). The number of nitriles is 1. The van der Waals surface area contributed by atoms with Gasteiger partial charge in [0.15, 0.2) is 11.5 Å². The summed E-state index contributed by atoms with van der Waals surface area (Å²) in [6.45, 7) is 6.27. The second-order valence-electron chi connectivity index (χ2n) is 9.88. The molecular formula is C35H31NO4. The summed E-state index contributed by atoms with van der Waals surface area (Å²) in [4.78, 5) is 0. The van der Waals surface area contributed by atoms with Gasteiger partial charge in [0.2, 0.25) is 0 Å². The number of benzene rings is 3. The summed E-state index contributed by atoms with van der Waals surface area (Å²) in [6, 6.07) is 18.9. The third-order valence-electron chi connectivity index (χ3n) is 7.36. The lowest BCUT2D eigenvalue weighted by atomic mass is 9.88. The van der Waals surface area contributed by atoms with Gasteiger partial charge >= 0.3 is 0 Å². The fourth-order valence-electron chi connectivity index (χ4n) is 5.81. The van der Waals surface area contributed by atoms with Gasteiger partial charge < -0.3 is 18.9 Å². The standard InChI is InChI=1S/C35H31NO4/c1-5-13-37-15-17-39-31-21-26-19-23(3)32(33(26)24(4)35(31)40-18-16-38-14-6-2)34-29-10-8-7-9-27(29)28-12-11-25(22-36)20-30(28)34/h1-2,7-12,20-21,23H,13-19H2,3-4H3/b34-32+. The van der Waals surface area contributed by atoms with E-state index in [9.17, 15) is 5.26 Å². The summed E-state index contributed by atoms with van der Waals surface area (Å²) >= 11 is 0. The van der Waals surface area contributed by atoms with Crippen molar-refractivity contribution in [1.82, 2.24) is 0 Å². The number of hydrogen-bond donors (Lipinski definition) is 0. The third kappa shape index (κ3) is 5.09. The predicted molar refractivity (Wildman–Crippen MR) is 157 cm³/mol. The first-order valence-electron chi connectivity index (χ1n) is 13.4. The number of nitrogens with zero attached hydrogens (tertiary/aromatic N) is 1. The molecule has 0 N–H and O–H groups in total. The van der Waals surface area contributed by atoms with E-state index in [1.165, 1.54) is 33.4 Å². The smallest absolute Gasteiger partial charge is 0.164 e. The summed E-state index contributed by atoms with van der Waals surface area (Å²) in [5, 5.41) is 9.68. The van der Waals surface area contributed by atoms with E-state index < -0.39 is 0 Å². The summed E-state index contributed by atoms with van der Waals surface area (Å²) in [6.07, 6.45) is 11.5. The molecule has 0 spiro atoms. The first-order chi connectivity index (χ1) is 19.6. The molecule has 0 fully saturated rings. The van der Waals surface area contributed by atoms with Crippen molar-refractivity contribution in [3.63, 3.8) is 0 Å². The van der Waals surface area contributed by atoms with Crippen LogP contribution in [-0.2, 0) is 15.9 Å². The Hall–Kier alpha value is -4.47. The molecule has 0 amide bonds. The fourth-order valence-corrected chi connectivity index (χ4v) is 5.81. The second kappa shape index (κ2) is 12.1. The Morgan fingerprint density at radius 2 is 1.52 bits per heavy atom. The van der Waals surface area contributed by atoms with Crippen molar-refractivity contribution >= 4 is 11.1 Å². The SMILES string of the molecule is C#CCOCCOc1cc2c(c(C)c1OCCOCC#C)/C(=C1\c3ccccc3-c3ccc(C#N)cc31)C(C)C2. The van der Waals surface area contributed by atoms with Crippen LogP contribution in [0.5, 0.6) is 11.5 Å². The maximum Gasteiger partial charge on any atom is 0.164 e. The summed E-state index contributed by atoms with van der Waals surface area (Å²) in [5.74, 6) is 6.57. The number of terminal acetylenes is 2. The molecule has 0 heterocycles. The number of allylic oxidation sites excluding steroid dienone is 1. The van der Waals surface area contributed by atoms with Gasteiger partial charge in [-0.1, -0.05) is 49.1 Å². The van der Waals surface area contributed by atoms with Crippen molar-refractivity contribution in [3.8, 4) is 53.4 Å². The van der Waals surface area contributed by atoms with Gasteiger partial charge in [0.05, 0.1) is 24.8 Å². The zero-order valence-electron chi connectivity index (χ0n) is 22.9. The average molecular weight is 530 g/mol. The predicted octanol–water partition coefficient (Wildman–Crippen LogP) is 6.06. The van der Waals surface area contributed by atoms with Crippen LogP contribution < -0.4 is 9.47 Å². The van der Waals surface area contributed by atoms with Crippen LogP contribution in [-0.4, -0.2) is 39.6 Å². The Morgan fingerprint density at radius 3 is 2.23 bits per heavy atom. The fraction of sp³-hybridized carbons (Fsp3) is 0.286. The second-order valence-corrected chi connectivity index (χ2v) is 9.88. The van der Waals surface area contributed by atoms with Crippen molar-refractivity contribution < 1.29 is 18.9 Å². The normalized spacial score (nSPS) is 16.3. The minimum Gasteiger partial charge on any atom is -0.487 e. The van der Waals surface area contributed by atoms with E-state index in [2.05, 4.69) is 68.2 Å². The van der Waals surface area contributed by atoms with Crippen LogP contribution in [0.15, 0.2) is 48.5 Å². The van der Waals surface area contributed by atoms with E-state index >= 15 is 0 Å². The highest BCUT2D eigenvalue weighted by Gasteiger charge is 2.35. The van der Waals surface area contributed by atoms with Gasteiger partial charge in [-0.3, -0.25) is 0 Å². The molecule has 0 aliphatic heterocycles. The van der Waals surface area contributed by atoms with Gasteiger partial charge in [0.1, 0.15) is 26.4 Å². The lowest BCUT2D eigenvalue weighted by Crippen LogP contribution is -2.12. The van der Waals surface area contributed by atoms with Gasteiger partial charge in [-0.2, -0.15) is 5.26 Å². The zero-order valence-corrected chi connectivity index (χ0v) is 22.9. The maximum atomic E-state index is 9.68. The van der Waals surface area contributed by atoms with Crippen molar-refractivity contribution in [2.75, 3.05) is 39.6 Å². The van der Waals surface area contributed by atoms with Gasteiger partial charge in [-0.25, -0.2) is 0 Å². The highest BCUT2D eigenvalue weighted by Crippen LogP contribution is 2.54. The summed E-state index contributed by atoms with van der Waals surface area (Å²) in [5.41, 5.74) is 11.2. The van der Waals surface area contributed by atoms with Crippen molar-refractivity contribution in [3.05, 3.63) is 81.9 Å². The molecule has 0 radical (unpaired) electrons. The van der Waals surface area contributed by atoms with Crippen LogP contribution in [0.2, 0.25) is 0 Å². The van der Waals surface area contributed by atoms with Crippen LogP contribution in [0.25, 0.3) is 22.3 Å². The molecule has 0 bridgehead atoms. The maximum absolute atomic E-state index is 9.68. The van der Waals surface area contributed by atoms with Gasteiger partial charge in [0, 0.05) is 5.56 Å². The molecule has 3 aromatic carbocycles. The molecule has 0 aromatic heterocycles. The van der Waals surface area contributed by atoms with E-state index in [0.717, 1.165) is 23.1 Å². The van der Waals surface area contributed by atoms with E-state index in [1.807, 2.05) is 12.1 Å². The molecule has 0 saturated carbocycles. The molecule has 2 aliphatic carbocycles. The minimum absolute atomic E-state index is 0.236. The molecule has 40 heavy (non-hydrogen) atoms. The molecule has 1 atom stereocenters. The number of hydrogen-bond acceptors (Lipinski definition) is 5. The highest BCUT2D eigenvalue weighted by atomic mass is 16.6. The monoisotopic (exact) mass is 529 g/mol. The topological polar surface area (TPSA) is 60.7 Å². The van der Waals surface area contributed by atoms with Crippen molar-refractivity contribution in [2.24, 2.45) is 5.92 Å². The molecule has 0 saturated heterocycles. The molecule has 1 unspecified atom stereocenters. The van der Waals surface area contributed by atoms with Gasteiger partial charge in [0.25, 0.3) is 0 Å². The number of ether oxygens (including phenoxy) is 4. The van der Waals surface area contributed by atoms with Crippen LogP contribution in [0, 0.1) is 48.9 Å². The van der Waals surface area contributed by atoms with Gasteiger partial charge in [-0.15, -0.1) is 12.8 Å². The van der Waals surface area contributed by atoms with Crippen LogP contribution in [0.4, 0.5) is 0 Å². The largest absolute Gasteiger partial charge is 0.487 e. The Morgan fingerprint density at radius 1 is 0.850 bits per heavy atom. The van der Waals surface area contributed by atoms with Crippen LogP contribution >= 0.6 is 0 Å².